The number of rotatable bonds is 6. The summed E-state index contributed by atoms with van der Waals surface area (Å²) in [6.45, 7) is 0. The lowest BCUT2D eigenvalue weighted by atomic mass is 10.0. The molecule has 3 N–H and O–H groups in total. The van der Waals surface area contributed by atoms with Crippen LogP contribution in [0.4, 0.5) is 0 Å². The van der Waals surface area contributed by atoms with Crippen molar-refractivity contribution in [1.29, 1.82) is 0 Å². The van der Waals surface area contributed by atoms with Crippen molar-refractivity contribution in [3.63, 3.8) is 0 Å². The third-order valence-electron chi connectivity index (χ3n) is 4.42. The van der Waals surface area contributed by atoms with Crippen LogP contribution in [0, 0.1) is 0 Å². The van der Waals surface area contributed by atoms with Crippen molar-refractivity contribution in [3.05, 3.63) is 106 Å². The number of benzene rings is 3. The Morgan fingerprint density at radius 1 is 0.774 bits per heavy atom. The van der Waals surface area contributed by atoms with Crippen LogP contribution >= 0.6 is 23.2 Å². The van der Waals surface area contributed by atoms with Crippen LogP contribution in [-0.2, 0) is 4.79 Å². The Hall–Kier alpha value is -3.35. The van der Waals surface area contributed by atoms with Crippen molar-refractivity contribution in [2.24, 2.45) is 0 Å². The van der Waals surface area contributed by atoms with E-state index in [0.29, 0.717) is 21.2 Å². The van der Waals surface area contributed by atoms with Crippen LogP contribution in [0.1, 0.15) is 38.7 Å². The molecular formula is C23H19Cl2N3O3. The van der Waals surface area contributed by atoms with Gasteiger partial charge in [-0.1, -0.05) is 71.7 Å². The molecule has 0 aliphatic rings. The lowest BCUT2D eigenvalue weighted by Gasteiger charge is -2.19. The Balaban J connectivity index is 1.67. The molecule has 0 aliphatic heterocycles. The number of carbonyl (C=O) groups is 3. The van der Waals surface area contributed by atoms with E-state index in [2.05, 4.69) is 16.2 Å². The molecule has 8 heteroatoms. The molecule has 0 unspecified atom stereocenters. The number of carbonyl (C=O) groups excluding carboxylic acids is 3. The van der Waals surface area contributed by atoms with Crippen LogP contribution < -0.4 is 16.2 Å². The summed E-state index contributed by atoms with van der Waals surface area (Å²) in [5.74, 6) is -1.40. The second-order valence-electron chi connectivity index (χ2n) is 6.63. The normalized spacial score (nSPS) is 11.3. The SMILES string of the molecule is O=C(C[C@H](NC(=O)c1ccccc1Cl)c1ccccc1)NNC(=O)c1cccc(Cl)c1. The summed E-state index contributed by atoms with van der Waals surface area (Å²) in [4.78, 5) is 37.4. The maximum absolute atomic E-state index is 12.7. The summed E-state index contributed by atoms with van der Waals surface area (Å²) >= 11 is 12.0. The summed E-state index contributed by atoms with van der Waals surface area (Å²) in [5, 5.41) is 3.55. The van der Waals surface area contributed by atoms with Gasteiger partial charge in [0.05, 0.1) is 23.0 Å². The number of hydrazine groups is 1. The van der Waals surface area contributed by atoms with Crippen LogP contribution in [0.5, 0.6) is 0 Å². The van der Waals surface area contributed by atoms with Crippen LogP contribution in [0.15, 0.2) is 78.9 Å². The number of amides is 3. The second kappa shape index (κ2) is 10.6. The molecule has 3 amide bonds. The quantitative estimate of drug-likeness (QED) is 0.483. The first-order chi connectivity index (χ1) is 14.9. The maximum atomic E-state index is 12.7. The van der Waals surface area contributed by atoms with E-state index in [4.69, 9.17) is 23.2 Å². The highest BCUT2D eigenvalue weighted by Crippen LogP contribution is 2.20. The standard InChI is InChI=1S/C23H19Cl2N3O3/c24-17-10-6-9-16(13-17)22(30)28-27-21(29)14-20(15-7-2-1-3-8-15)26-23(31)18-11-4-5-12-19(18)25/h1-13,20H,14H2,(H,26,31)(H,27,29)(H,28,30)/t20-/m0/s1. The average molecular weight is 456 g/mol. The predicted octanol–water partition coefficient (Wildman–Crippen LogP) is 4.32. The van der Waals surface area contributed by atoms with Gasteiger partial charge < -0.3 is 5.32 Å². The van der Waals surface area contributed by atoms with Gasteiger partial charge >= 0.3 is 0 Å². The number of halogens is 2. The first-order valence-electron chi connectivity index (χ1n) is 9.39. The third kappa shape index (κ3) is 6.31. The van der Waals surface area contributed by atoms with Gasteiger partial charge in [-0.2, -0.15) is 0 Å². The largest absolute Gasteiger partial charge is 0.345 e. The van der Waals surface area contributed by atoms with Crippen molar-refractivity contribution < 1.29 is 14.4 Å². The predicted molar refractivity (Wildman–Crippen MR) is 120 cm³/mol. The average Bonchev–Trinajstić information content (AvgIpc) is 2.78. The fraction of sp³-hybridized carbons (Fsp3) is 0.0870. The number of nitrogens with one attached hydrogen (secondary N) is 3. The highest BCUT2D eigenvalue weighted by atomic mass is 35.5. The Labute approximate surface area is 189 Å². The molecule has 158 valence electrons. The van der Waals surface area contributed by atoms with E-state index >= 15 is 0 Å². The van der Waals surface area contributed by atoms with E-state index in [9.17, 15) is 14.4 Å². The first-order valence-corrected chi connectivity index (χ1v) is 10.1. The number of hydrogen-bond donors (Lipinski definition) is 3. The highest BCUT2D eigenvalue weighted by molar-refractivity contribution is 6.33. The minimum Gasteiger partial charge on any atom is -0.345 e. The monoisotopic (exact) mass is 455 g/mol. The molecule has 0 heterocycles. The van der Waals surface area contributed by atoms with Gasteiger partial charge in [-0.3, -0.25) is 25.2 Å². The Morgan fingerprint density at radius 2 is 1.48 bits per heavy atom. The van der Waals surface area contributed by atoms with E-state index in [1.807, 2.05) is 18.2 Å². The van der Waals surface area contributed by atoms with Crippen LogP contribution in [0.2, 0.25) is 10.0 Å². The summed E-state index contributed by atoms with van der Waals surface area (Å²) < 4.78 is 0. The van der Waals surface area contributed by atoms with Gasteiger partial charge in [-0.05, 0) is 35.9 Å². The van der Waals surface area contributed by atoms with Crippen LogP contribution in [-0.4, -0.2) is 17.7 Å². The van der Waals surface area contributed by atoms with Crippen molar-refractivity contribution in [1.82, 2.24) is 16.2 Å². The Morgan fingerprint density at radius 3 is 2.19 bits per heavy atom. The molecule has 6 nitrogen and oxygen atoms in total. The fourth-order valence-electron chi connectivity index (χ4n) is 2.88. The molecule has 0 saturated heterocycles. The number of hydrogen-bond acceptors (Lipinski definition) is 3. The van der Waals surface area contributed by atoms with Crippen LogP contribution in [0.25, 0.3) is 0 Å². The zero-order chi connectivity index (χ0) is 22.2. The summed E-state index contributed by atoms with van der Waals surface area (Å²) in [6, 6.07) is 21.4. The molecule has 0 aliphatic carbocycles. The molecule has 0 saturated carbocycles. The molecule has 1 atom stereocenters. The van der Waals surface area contributed by atoms with Crippen molar-refractivity contribution in [3.8, 4) is 0 Å². The summed E-state index contributed by atoms with van der Waals surface area (Å²) in [5.41, 5.74) is 6.06. The minimum absolute atomic E-state index is 0.101. The smallest absolute Gasteiger partial charge is 0.269 e. The van der Waals surface area contributed by atoms with Crippen molar-refractivity contribution >= 4 is 40.9 Å². The van der Waals surface area contributed by atoms with Gasteiger partial charge in [-0.25, -0.2) is 0 Å². The molecule has 3 aromatic carbocycles. The Kier molecular flexibility index (Phi) is 7.65. The van der Waals surface area contributed by atoms with Crippen molar-refractivity contribution in [2.45, 2.75) is 12.5 Å². The van der Waals surface area contributed by atoms with E-state index < -0.39 is 23.8 Å². The Bertz CT molecular complexity index is 1090. The molecule has 3 rings (SSSR count). The van der Waals surface area contributed by atoms with Gasteiger partial charge in [0.2, 0.25) is 5.91 Å². The van der Waals surface area contributed by atoms with Crippen molar-refractivity contribution in [2.75, 3.05) is 0 Å². The summed E-state index contributed by atoms with van der Waals surface area (Å²) in [7, 11) is 0. The molecule has 0 aromatic heterocycles. The zero-order valence-electron chi connectivity index (χ0n) is 16.3. The molecule has 3 aromatic rings. The maximum Gasteiger partial charge on any atom is 0.269 e. The fourth-order valence-corrected chi connectivity index (χ4v) is 3.30. The lowest BCUT2D eigenvalue weighted by molar-refractivity contribution is -0.122. The zero-order valence-corrected chi connectivity index (χ0v) is 17.8. The third-order valence-corrected chi connectivity index (χ3v) is 4.98. The van der Waals surface area contributed by atoms with Gasteiger partial charge in [0.15, 0.2) is 0 Å². The van der Waals surface area contributed by atoms with Gasteiger partial charge in [0, 0.05) is 10.6 Å². The molecule has 0 spiro atoms. The van der Waals surface area contributed by atoms with Crippen LogP contribution in [0.3, 0.4) is 0 Å². The summed E-state index contributed by atoms with van der Waals surface area (Å²) in [6.07, 6.45) is -0.101. The minimum atomic E-state index is -0.631. The van der Waals surface area contributed by atoms with E-state index in [1.54, 1.807) is 54.6 Å². The molecule has 0 radical (unpaired) electrons. The first kappa shape index (κ1) is 22.3. The highest BCUT2D eigenvalue weighted by Gasteiger charge is 2.21. The molecule has 0 bridgehead atoms. The topological polar surface area (TPSA) is 87.3 Å². The molecular weight excluding hydrogens is 437 g/mol. The van der Waals surface area contributed by atoms with E-state index in [1.165, 1.54) is 6.07 Å². The van der Waals surface area contributed by atoms with E-state index in [-0.39, 0.29) is 6.42 Å². The van der Waals surface area contributed by atoms with Gasteiger partial charge in [-0.15, -0.1) is 0 Å². The lowest BCUT2D eigenvalue weighted by Crippen LogP contribution is -2.43. The molecule has 31 heavy (non-hydrogen) atoms. The second-order valence-corrected chi connectivity index (χ2v) is 7.48. The van der Waals surface area contributed by atoms with Gasteiger partial charge in [0.1, 0.15) is 0 Å². The molecule has 0 fully saturated rings. The van der Waals surface area contributed by atoms with E-state index in [0.717, 1.165) is 5.56 Å². The van der Waals surface area contributed by atoms with Gasteiger partial charge in [0.25, 0.3) is 11.8 Å².